The first kappa shape index (κ1) is 10.0. The molecule has 73 valence electrons. The lowest BCUT2D eigenvalue weighted by molar-refractivity contribution is -0.169. The summed E-state index contributed by atoms with van der Waals surface area (Å²) in [4.78, 5) is 21.3. The van der Waals surface area contributed by atoms with Gasteiger partial charge in [-0.25, -0.2) is 0 Å². The molecule has 1 heterocycles. The summed E-state index contributed by atoms with van der Waals surface area (Å²) in [5.41, 5.74) is 0. The molecule has 0 aliphatic carbocycles. The predicted molar refractivity (Wildman–Crippen MR) is 46.0 cm³/mol. The summed E-state index contributed by atoms with van der Waals surface area (Å²) in [5, 5.41) is 3.83. The molecule has 4 nitrogen and oxygen atoms in total. The van der Waals surface area contributed by atoms with Crippen LogP contribution in [0.25, 0.3) is 0 Å². The van der Waals surface area contributed by atoms with Gasteiger partial charge in [-0.3, -0.25) is 14.9 Å². The molecule has 13 heavy (non-hydrogen) atoms. The summed E-state index contributed by atoms with van der Waals surface area (Å²) in [6, 6.07) is 0. The topological polar surface area (TPSA) is 57.5 Å². The van der Waals surface area contributed by atoms with E-state index < -0.39 is 0 Å². The maximum absolute atomic E-state index is 10.9. The monoisotopic (exact) mass is 184 g/mol. The van der Waals surface area contributed by atoms with Crippen molar-refractivity contribution in [1.29, 1.82) is 0 Å². The fourth-order valence-corrected chi connectivity index (χ4v) is 1.15. The highest BCUT2D eigenvalue weighted by Gasteiger charge is 2.27. The van der Waals surface area contributed by atoms with Gasteiger partial charge in [-0.05, 0) is 6.42 Å². The Labute approximate surface area is 77.6 Å². The largest absolute Gasteiger partial charge is 0.462 e. The summed E-state index contributed by atoms with van der Waals surface area (Å²) in [6.45, 7) is 2.43. The van der Waals surface area contributed by atoms with Crippen molar-refractivity contribution in [1.82, 2.24) is 5.32 Å². The lowest BCUT2D eigenvalue weighted by Gasteiger charge is -2.24. The highest BCUT2D eigenvalue weighted by molar-refractivity contribution is 5.76. The van der Waals surface area contributed by atoms with Crippen LogP contribution in [0.3, 0.4) is 0 Å². The summed E-state index contributed by atoms with van der Waals surface area (Å²) in [5.74, 6) is -0.196. The second-order valence-corrected chi connectivity index (χ2v) is 3.13. The van der Waals surface area contributed by atoms with E-state index in [1.807, 2.05) is 6.92 Å². The normalized spacial score (nSPS) is 20.4. The minimum absolute atomic E-state index is 0.00526. The van der Waals surface area contributed by atoms with Gasteiger partial charge in [-0.2, -0.15) is 0 Å². The first-order chi connectivity index (χ1) is 6.22. The SMILES string of the molecule is CCCC(=O)[N]CCC1CC(=O)O1. The van der Waals surface area contributed by atoms with E-state index in [0.717, 1.165) is 6.42 Å². The molecule has 1 rings (SSSR count). The molecule has 1 atom stereocenters. The van der Waals surface area contributed by atoms with E-state index in [4.69, 9.17) is 4.74 Å². The van der Waals surface area contributed by atoms with E-state index in [1.165, 1.54) is 0 Å². The molecule has 0 bridgehead atoms. The average molecular weight is 184 g/mol. The first-order valence-electron chi connectivity index (χ1n) is 4.62. The molecule has 1 unspecified atom stereocenters. The van der Waals surface area contributed by atoms with Crippen molar-refractivity contribution >= 4 is 11.9 Å². The van der Waals surface area contributed by atoms with E-state index in [2.05, 4.69) is 5.32 Å². The van der Waals surface area contributed by atoms with Crippen molar-refractivity contribution in [3.8, 4) is 0 Å². The standard InChI is InChI=1S/C9H14NO3/c1-2-3-8(11)10-5-4-7-6-9(12)13-7/h7H,2-6H2,1H3. The molecular weight excluding hydrogens is 170 g/mol. The van der Waals surface area contributed by atoms with Crippen LogP contribution in [0.5, 0.6) is 0 Å². The third kappa shape index (κ3) is 3.44. The van der Waals surface area contributed by atoms with Crippen LogP contribution >= 0.6 is 0 Å². The van der Waals surface area contributed by atoms with E-state index in [1.54, 1.807) is 0 Å². The Kier molecular flexibility index (Phi) is 3.73. The van der Waals surface area contributed by atoms with Gasteiger partial charge in [0.05, 0.1) is 6.42 Å². The van der Waals surface area contributed by atoms with Crippen LogP contribution in [0.1, 0.15) is 32.6 Å². The second-order valence-electron chi connectivity index (χ2n) is 3.13. The average Bonchev–Trinajstić information content (AvgIpc) is 2.01. The maximum Gasteiger partial charge on any atom is 0.309 e. The van der Waals surface area contributed by atoms with Gasteiger partial charge >= 0.3 is 5.97 Å². The second kappa shape index (κ2) is 4.84. The zero-order valence-electron chi connectivity index (χ0n) is 7.78. The molecule has 0 spiro atoms. The Morgan fingerprint density at radius 3 is 2.92 bits per heavy atom. The molecule has 0 saturated carbocycles. The maximum atomic E-state index is 10.9. The summed E-state index contributed by atoms with van der Waals surface area (Å²) in [7, 11) is 0. The van der Waals surface area contributed by atoms with Gasteiger partial charge in [-0.15, -0.1) is 0 Å². The third-order valence-electron chi connectivity index (χ3n) is 1.90. The van der Waals surface area contributed by atoms with Crippen LogP contribution in [0.4, 0.5) is 0 Å². The lowest BCUT2D eigenvalue weighted by Crippen LogP contribution is -2.34. The molecule has 0 aromatic carbocycles. The smallest absolute Gasteiger partial charge is 0.309 e. The zero-order chi connectivity index (χ0) is 9.68. The summed E-state index contributed by atoms with van der Waals surface area (Å²) >= 11 is 0. The van der Waals surface area contributed by atoms with E-state index in [9.17, 15) is 9.59 Å². The highest BCUT2D eigenvalue weighted by Crippen LogP contribution is 2.15. The molecule has 1 amide bonds. The lowest BCUT2D eigenvalue weighted by atomic mass is 10.1. The molecule has 4 heteroatoms. The van der Waals surface area contributed by atoms with Crippen LogP contribution < -0.4 is 5.32 Å². The first-order valence-corrected chi connectivity index (χ1v) is 4.62. The fraction of sp³-hybridized carbons (Fsp3) is 0.778. The fourth-order valence-electron chi connectivity index (χ4n) is 1.15. The number of hydrogen-bond acceptors (Lipinski definition) is 3. The minimum Gasteiger partial charge on any atom is -0.462 e. The van der Waals surface area contributed by atoms with E-state index in [-0.39, 0.29) is 18.0 Å². The van der Waals surface area contributed by atoms with Crippen LogP contribution in [-0.2, 0) is 14.3 Å². The molecule has 1 aliphatic rings. The van der Waals surface area contributed by atoms with Crippen molar-refractivity contribution in [2.45, 2.75) is 38.7 Å². The Morgan fingerprint density at radius 2 is 2.38 bits per heavy atom. The predicted octanol–water partition coefficient (Wildman–Crippen LogP) is 0.623. The van der Waals surface area contributed by atoms with Gasteiger partial charge in [0.15, 0.2) is 0 Å². The highest BCUT2D eigenvalue weighted by atomic mass is 16.6. The van der Waals surface area contributed by atoms with Gasteiger partial charge in [0.2, 0.25) is 5.91 Å². The van der Waals surface area contributed by atoms with Crippen LogP contribution in [0.15, 0.2) is 0 Å². The Balaban J connectivity index is 1.95. The Hall–Kier alpha value is -1.06. The molecular formula is C9H14NO3. The van der Waals surface area contributed by atoms with Crippen LogP contribution in [-0.4, -0.2) is 24.5 Å². The molecule has 1 saturated heterocycles. The molecule has 1 radical (unpaired) electrons. The number of nitrogens with zero attached hydrogens (tertiary/aromatic N) is 1. The number of cyclic esters (lactones) is 1. The number of hydrogen-bond donors (Lipinski definition) is 0. The van der Waals surface area contributed by atoms with Gasteiger partial charge in [-0.1, -0.05) is 6.92 Å². The van der Waals surface area contributed by atoms with Gasteiger partial charge in [0.25, 0.3) is 0 Å². The molecule has 0 aromatic heterocycles. The number of carbonyl (C=O) groups excluding carboxylic acids is 2. The zero-order valence-corrected chi connectivity index (χ0v) is 7.78. The quantitative estimate of drug-likeness (QED) is 0.588. The number of rotatable bonds is 5. The third-order valence-corrected chi connectivity index (χ3v) is 1.90. The number of ether oxygens (including phenoxy) is 1. The summed E-state index contributed by atoms with van der Waals surface area (Å²) in [6.07, 6.45) is 2.52. The number of amides is 1. The van der Waals surface area contributed by atoms with Crippen molar-refractivity contribution < 1.29 is 14.3 Å². The van der Waals surface area contributed by atoms with E-state index >= 15 is 0 Å². The van der Waals surface area contributed by atoms with Crippen molar-refractivity contribution in [2.24, 2.45) is 0 Å². The van der Waals surface area contributed by atoms with Crippen molar-refractivity contribution in [3.05, 3.63) is 0 Å². The molecule has 0 aromatic rings. The van der Waals surface area contributed by atoms with Crippen molar-refractivity contribution in [2.75, 3.05) is 6.54 Å². The van der Waals surface area contributed by atoms with Gasteiger partial charge in [0, 0.05) is 19.4 Å². The Bertz CT molecular complexity index is 195. The summed E-state index contributed by atoms with van der Waals surface area (Å²) < 4.78 is 4.77. The number of carbonyl (C=O) groups is 2. The van der Waals surface area contributed by atoms with Gasteiger partial charge < -0.3 is 4.74 Å². The van der Waals surface area contributed by atoms with E-state index in [0.29, 0.717) is 25.8 Å². The van der Waals surface area contributed by atoms with Crippen molar-refractivity contribution in [3.63, 3.8) is 0 Å². The Morgan fingerprint density at radius 1 is 1.69 bits per heavy atom. The van der Waals surface area contributed by atoms with Crippen LogP contribution in [0.2, 0.25) is 0 Å². The number of esters is 1. The van der Waals surface area contributed by atoms with Crippen LogP contribution in [0, 0.1) is 0 Å². The molecule has 0 N–H and O–H groups in total. The molecule has 1 aliphatic heterocycles. The van der Waals surface area contributed by atoms with Gasteiger partial charge in [0.1, 0.15) is 6.10 Å². The minimum atomic E-state index is -0.148. The molecule has 1 fully saturated rings.